The summed E-state index contributed by atoms with van der Waals surface area (Å²) in [5.41, 5.74) is 2.07. The Morgan fingerprint density at radius 3 is 2.69 bits per heavy atom. The van der Waals surface area contributed by atoms with E-state index < -0.39 is 10.0 Å². The molecule has 10 heteroatoms. The molecule has 1 fully saturated rings. The van der Waals surface area contributed by atoms with Crippen LogP contribution in [-0.2, 0) is 14.8 Å². The summed E-state index contributed by atoms with van der Waals surface area (Å²) in [6.07, 6.45) is 0. The summed E-state index contributed by atoms with van der Waals surface area (Å²) in [5, 5.41) is 7.98. The van der Waals surface area contributed by atoms with E-state index in [1.165, 1.54) is 21.3 Å². The van der Waals surface area contributed by atoms with E-state index in [1.54, 1.807) is 6.07 Å². The van der Waals surface area contributed by atoms with Crippen molar-refractivity contribution in [1.82, 2.24) is 19.5 Å². The number of benzene rings is 2. The number of morpholine rings is 1. The number of hydrogen-bond donors (Lipinski definition) is 0. The van der Waals surface area contributed by atoms with Crippen LogP contribution in [0.5, 0.6) is 5.75 Å². The van der Waals surface area contributed by atoms with Gasteiger partial charge in [-0.1, -0.05) is 23.0 Å². The Bertz CT molecular complexity index is 1090. The van der Waals surface area contributed by atoms with E-state index >= 15 is 0 Å². The van der Waals surface area contributed by atoms with Gasteiger partial charge in [0.2, 0.25) is 10.0 Å². The molecule has 1 aliphatic heterocycles. The quantitative estimate of drug-likeness (QED) is 0.533. The van der Waals surface area contributed by atoms with Crippen molar-refractivity contribution in [2.24, 2.45) is 0 Å². The Balaban J connectivity index is 1.46. The van der Waals surface area contributed by atoms with Crippen molar-refractivity contribution in [3.63, 3.8) is 0 Å². The zero-order chi connectivity index (χ0) is 20.3. The maximum absolute atomic E-state index is 12.9. The van der Waals surface area contributed by atoms with Crippen molar-refractivity contribution in [1.29, 1.82) is 0 Å². The van der Waals surface area contributed by atoms with Gasteiger partial charge in [-0.15, -0.1) is 5.10 Å². The first-order valence-corrected chi connectivity index (χ1v) is 10.7. The van der Waals surface area contributed by atoms with Crippen molar-refractivity contribution in [2.45, 2.75) is 11.8 Å². The van der Waals surface area contributed by atoms with E-state index in [2.05, 4.69) is 10.3 Å². The van der Waals surface area contributed by atoms with Crippen LogP contribution < -0.4 is 9.57 Å². The maximum atomic E-state index is 12.9. The van der Waals surface area contributed by atoms with Crippen LogP contribution in [-0.4, -0.2) is 67.4 Å². The van der Waals surface area contributed by atoms with Crippen LogP contribution in [0.25, 0.3) is 11.0 Å². The predicted molar refractivity (Wildman–Crippen MR) is 105 cm³/mol. The van der Waals surface area contributed by atoms with Crippen molar-refractivity contribution in [2.75, 3.05) is 39.5 Å². The molecule has 0 aliphatic carbocycles. The monoisotopic (exact) mass is 418 g/mol. The minimum atomic E-state index is -3.61. The SMILES string of the molecule is Cc1ccccc1OCCOn1nnc2ccc(S(=O)(=O)N3CCOCC3)cc21. The zero-order valence-electron chi connectivity index (χ0n) is 16.0. The molecular formula is C19H22N4O5S. The molecule has 0 atom stereocenters. The summed E-state index contributed by atoms with van der Waals surface area (Å²) in [7, 11) is -3.61. The predicted octanol–water partition coefficient (Wildman–Crippen LogP) is 1.27. The average Bonchev–Trinajstić information content (AvgIpc) is 3.15. The van der Waals surface area contributed by atoms with Crippen LogP contribution in [0.4, 0.5) is 0 Å². The third-order valence-corrected chi connectivity index (χ3v) is 6.54. The standard InChI is InChI=1S/C19H22N4O5S/c1-15-4-2-3-5-19(15)27-12-13-28-23-18-14-16(6-7-17(18)20-21-23)29(24,25)22-8-10-26-11-9-22/h2-7,14H,8-13H2,1H3. The highest BCUT2D eigenvalue weighted by atomic mass is 32.2. The van der Waals surface area contributed by atoms with Crippen molar-refractivity contribution in [3.8, 4) is 5.75 Å². The van der Waals surface area contributed by atoms with Crippen LogP contribution >= 0.6 is 0 Å². The summed E-state index contributed by atoms with van der Waals surface area (Å²) in [6.45, 7) is 3.98. The van der Waals surface area contributed by atoms with Crippen LogP contribution in [0.2, 0.25) is 0 Å². The summed E-state index contributed by atoms with van der Waals surface area (Å²) in [4.78, 5) is 7.03. The highest BCUT2D eigenvalue weighted by Crippen LogP contribution is 2.21. The van der Waals surface area contributed by atoms with E-state index in [1.807, 2.05) is 31.2 Å². The number of fused-ring (bicyclic) bond motifs is 1. The second-order valence-electron chi connectivity index (χ2n) is 6.58. The van der Waals surface area contributed by atoms with Gasteiger partial charge in [-0.2, -0.15) is 4.31 Å². The average molecular weight is 418 g/mol. The smallest absolute Gasteiger partial charge is 0.243 e. The van der Waals surface area contributed by atoms with E-state index in [0.717, 1.165) is 11.3 Å². The van der Waals surface area contributed by atoms with Crippen LogP contribution in [0.3, 0.4) is 0 Å². The number of aryl methyl sites for hydroxylation is 1. The molecule has 154 valence electrons. The lowest BCUT2D eigenvalue weighted by Crippen LogP contribution is -2.40. The van der Waals surface area contributed by atoms with Crippen molar-refractivity contribution >= 4 is 21.1 Å². The molecule has 4 rings (SSSR count). The summed E-state index contributed by atoms with van der Waals surface area (Å²) in [5.74, 6) is 0.790. The Hall–Kier alpha value is -2.69. The molecule has 0 saturated carbocycles. The normalized spacial score (nSPS) is 15.5. The molecule has 0 radical (unpaired) electrons. The molecule has 0 N–H and O–H groups in total. The zero-order valence-corrected chi connectivity index (χ0v) is 16.8. The van der Waals surface area contributed by atoms with Crippen LogP contribution in [0, 0.1) is 6.92 Å². The van der Waals surface area contributed by atoms with Gasteiger partial charge in [0.05, 0.1) is 18.1 Å². The second kappa shape index (κ2) is 8.36. The lowest BCUT2D eigenvalue weighted by molar-refractivity contribution is 0.0638. The van der Waals surface area contributed by atoms with Gasteiger partial charge in [0.25, 0.3) is 0 Å². The first kappa shape index (κ1) is 19.6. The third kappa shape index (κ3) is 4.19. The Morgan fingerprint density at radius 1 is 1.10 bits per heavy atom. The lowest BCUT2D eigenvalue weighted by atomic mass is 10.2. The number of sulfonamides is 1. The minimum absolute atomic E-state index is 0.176. The fourth-order valence-electron chi connectivity index (χ4n) is 3.06. The van der Waals surface area contributed by atoms with Crippen LogP contribution in [0.1, 0.15) is 5.56 Å². The molecule has 0 bridgehead atoms. The first-order valence-electron chi connectivity index (χ1n) is 9.31. The Labute approximate surface area is 168 Å². The van der Waals surface area contributed by atoms with Gasteiger partial charge in [-0.25, -0.2) is 8.42 Å². The summed E-state index contributed by atoms with van der Waals surface area (Å²) >= 11 is 0. The number of nitrogens with zero attached hydrogens (tertiary/aromatic N) is 4. The molecule has 9 nitrogen and oxygen atoms in total. The van der Waals surface area contributed by atoms with Gasteiger partial charge in [0.1, 0.15) is 23.4 Å². The van der Waals surface area contributed by atoms with E-state index in [9.17, 15) is 8.42 Å². The Kier molecular flexibility index (Phi) is 5.65. The summed E-state index contributed by atoms with van der Waals surface area (Å²) < 4.78 is 38.1. The molecular weight excluding hydrogens is 396 g/mol. The number of hydrogen-bond acceptors (Lipinski definition) is 7. The molecule has 1 aliphatic rings. The molecule has 1 aromatic heterocycles. The second-order valence-corrected chi connectivity index (χ2v) is 8.51. The fourth-order valence-corrected chi connectivity index (χ4v) is 4.49. The largest absolute Gasteiger partial charge is 0.490 e. The number of ether oxygens (including phenoxy) is 2. The van der Waals surface area contributed by atoms with Crippen molar-refractivity contribution < 1.29 is 22.7 Å². The first-order chi connectivity index (χ1) is 14.1. The molecule has 0 spiro atoms. The minimum Gasteiger partial charge on any atom is -0.490 e. The van der Waals surface area contributed by atoms with E-state index in [4.69, 9.17) is 14.3 Å². The maximum Gasteiger partial charge on any atom is 0.243 e. The lowest BCUT2D eigenvalue weighted by Gasteiger charge is -2.26. The molecule has 3 aromatic rings. The molecule has 2 heterocycles. The molecule has 2 aromatic carbocycles. The highest BCUT2D eigenvalue weighted by Gasteiger charge is 2.27. The molecule has 0 amide bonds. The number of rotatable bonds is 7. The molecule has 29 heavy (non-hydrogen) atoms. The fraction of sp³-hybridized carbons (Fsp3) is 0.368. The van der Waals surface area contributed by atoms with Crippen molar-refractivity contribution in [3.05, 3.63) is 48.0 Å². The van der Waals surface area contributed by atoms with E-state index in [0.29, 0.717) is 43.9 Å². The van der Waals surface area contributed by atoms with Gasteiger partial charge in [0, 0.05) is 13.1 Å². The van der Waals surface area contributed by atoms with Gasteiger partial charge in [-0.05, 0) is 42.0 Å². The number of aromatic nitrogens is 3. The third-order valence-electron chi connectivity index (χ3n) is 4.64. The van der Waals surface area contributed by atoms with E-state index in [-0.39, 0.29) is 11.5 Å². The van der Waals surface area contributed by atoms with Gasteiger partial charge < -0.3 is 14.3 Å². The van der Waals surface area contributed by atoms with Gasteiger partial charge >= 0.3 is 0 Å². The molecule has 0 unspecified atom stereocenters. The number of para-hydroxylation sites is 1. The highest BCUT2D eigenvalue weighted by molar-refractivity contribution is 7.89. The Morgan fingerprint density at radius 2 is 1.90 bits per heavy atom. The summed E-state index contributed by atoms with van der Waals surface area (Å²) in [6, 6.07) is 12.4. The topological polar surface area (TPSA) is 95.8 Å². The van der Waals surface area contributed by atoms with Gasteiger partial charge in [-0.3, -0.25) is 0 Å². The van der Waals surface area contributed by atoms with Crippen LogP contribution in [0.15, 0.2) is 47.4 Å². The molecule has 1 saturated heterocycles. The van der Waals surface area contributed by atoms with Gasteiger partial charge in [0.15, 0.2) is 6.61 Å².